The van der Waals surface area contributed by atoms with E-state index in [4.69, 9.17) is 9.47 Å². The second kappa shape index (κ2) is 8.05. The van der Waals surface area contributed by atoms with Crippen LogP contribution in [0.15, 0.2) is 41.3 Å². The number of nitrogens with zero attached hydrogens (tertiary/aromatic N) is 1. The summed E-state index contributed by atoms with van der Waals surface area (Å²) in [6.45, 7) is 5.90. The molecule has 26 heavy (non-hydrogen) atoms. The Bertz CT molecular complexity index is 911. The second-order valence-electron chi connectivity index (χ2n) is 5.33. The third-order valence-electron chi connectivity index (χ3n) is 3.49. The summed E-state index contributed by atoms with van der Waals surface area (Å²) in [5.74, 6) is 0.810. The van der Waals surface area contributed by atoms with Crippen molar-refractivity contribution in [1.82, 2.24) is 0 Å². The molecule has 0 aromatic heterocycles. The van der Waals surface area contributed by atoms with Gasteiger partial charge in [-0.05, 0) is 39.0 Å². The first-order valence-corrected chi connectivity index (χ1v) is 9.44. The first kappa shape index (κ1) is 19.5. The zero-order valence-electron chi connectivity index (χ0n) is 14.7. The monoisotopic (exact) mass is 380 g/mol. The Morgan fingerprint density at radius 2 is 1.77 bits per heavy atom. The zero-order valence-corrected chi connectivity index (χ0v) is 15.5. The molecule has 0 atom stereocenters. The summed E-state index contributed by atoms with van der Waals surface area (Å²) in [6, 6.07) is 8.52. The molecule has 0 heterocycles. The number of anilines is 1. The molecule has 2 aromatic carbocycles. The maximum Gasteiger partial charge on any atom is 0.273 e. The molecule has 8 nitrogen and oxygen atoms in total. The van der Waals surface area contributed by atoms with Gasteiger partial charge < -0.3 is 9.47 Å². The summed E-state index contributed by atoms with van der Waals surface area (Å²) in [4.78, 5) is 10.2. The van der Waals surface area contributed by atoms with Crippen LogP contribution < -0.4 is 14.2 Å². The predicted molar refractivity (Wildman–Crippen MR) is 97.4 cm³/mol. The molecule has 0 fully saturated rings. The Hall–Kier alpha value is -2.81. The largest absolute Gasteiger partial charge is 0.494 e. The summed E-state index contributed by atoms with van der Waals surface area (Å²) < 4.78 is 38.6. The van der Waals surface area contributed by atoms with Crippen LogP contribution in [0.2, 0.25) is 0 Å². The lowest BCUT2D eigenvalue weighted by molar-refractivity contribution is -0.385. The average Bonchev–Trinajstić information content (AvgIpc) is 2.57. The average molecular weight is 380 g/mol. The molecule has 0 aliphatic heterocycles. The minimum Gasteiger partial charge on any atom is -0.494 e. The molecule has 1 N–H and O–H groups in total. The molecule has 0 aliphatic rings. The van der Waals surface area contributed by atoms with Crippen molar-refractivity contribution in [3.63, 3.8) is 0 Å². The molecule has 2 rings (SSSR count). The van der Waals surface area contributed by atoms with Gasteiger partial charge in [-0.2, -0.15) is 0 Å². The molecule has 0 aliphatic carbocycles. The van der Waals surface area contributed by atoms with Crippen LogP contribution >= 0.6 is 0 Å². The van der Waals surface area contributed by atoms with Crippen molar-refractivity contribution in [2.45, 2.75) is 25.7 Å². The Kier molecular flexibility index (Phi) is 6.04. The van der Waals surface area contributed by atoms with E-state index in [-0.39, 0.29) is 16.3 Å². The zero-order chi connectivity index (χ0) is 19.3. The Labute approximate surface area is 152 Å². The van der Waals surface area contributed by atoms with E-state index in [0.717, 1.165) is 6.07 Å². The third kappa shape index (κ3) is 4.42. The first-order chi connectivity index (χ1) is 12.3. The quantitative estimate of drug-likeness (QED) is 0.555. The normalized spacial score (nSPS) is 11.0. The van der Waals surface area contributed by atoms with Crippen molar-refractivity contribution < 1.29 is 22.8 Å². The van der Waals surface area contributed by atoms with Gasteiger partial charge in [-0.25, -0.2) is 8.42 Å². The van der Waals surface area contributed by atoms with Gasteiger partial charge in [0.2, 0.25) is 0 Å². The lowest BCUT2D eigenvalue weighted by Gasteiger charge is -2.14. The number of sulfonamides is 1. The lowest BCUT2D eigenvalue weighted by atomic mass is 10.2. The van der Waals surface area contributed by atoms with Crippen LogP contribution in [0, 0.1) is 17.0 Å². The minimum atomic E-state index is -4.05. The number of rotatable bonds is 8. The van der Waals surface area contributed by atoms with Gasteiger partial charge in [-0.15, -0.1) is 0 Å². The summed E-state index contributed by atoms with van der Waals surface area (Å²) in [6.07, 6.45) is 0. The molecule has 140 valence electrons. The molecule has 2 aromatic rings. The third-order valence-corrected chi connectivity index (χ3v) is 4.86. The number of hydrogen-bond acceptors (Lipinski definition) is 6. The standard InChI is InChI=1S/C17H20N2O6S/c1-4-24-13-7-9-17(25-5-2)15(10-13)18-26(22,23)14-8-6-12(3)16(11-14)19(20)21/h6-11,18H,4-5H2,1-3H3. The van der Waals surface area contributed by atoms with Gasteiger partial charge in [-0.3, -0.25) is 14.8 Å². The van der Waals surface area contributed by atoms with Crippen LogP contribution in [0.3, 0.4) is 0 Å². The van der Waals surface area contributed by atoms with Gasteiger partial charge in [-0.1, -0.05) is 6.07 Å². The molecule has 0 unspecified atom stereocenters. The molecule has 0 bridgehead atoms. The van der Waals surface area contributed by atoms with Crippen LogP contribution in [0.25, 0.3) is 0 Å². The fourth-order valence-electron chi connectivity index (χ4n) is 2.28. The van der Waals surface area contributed by atoms with Crippen molar-refractivity contribution in [2.24, 2.45) is 0 Å². The molecular weight excluding hydrogens is 360 g/mol. The molecular formula is C17H20N2O6S. The second-order valence-corrected chi connectivity index (χ2v) is 7.02. The maximum atomic E-state index is 12.7. The van der Waals surface area contributed by atoms with E-state index < -0.39 is 14.9 Å². The highest BCUT2D eigenvalue weighted by Crippen LogP contribution is 2.32. The van der Waals surface area contributed by atoms with E-state index in [1.165, 1.54) is 18.2 Å². The molecule has 0 saturated carbocycles. The Morgan fingerprint density at radius 1 is 1.08 bits per heavy atom. The van der Waals surface area contributed by atoms with Crippen LogP contribution in [-0.4, -0.2) is 26.6 Å². The van der Waals surface area contributed by atoms with E-state index in [1.54, 1.807) is 26.0 Å². The molecule has 0 saturated heterocycles. The van der Waals surface area contributed by atoms with Crippen molar-refractivity contribution >= 4 is 21.4 Å². The van der Waals surface area contributed by atoms with E-state index >= 15 is 0 Å². The Balaban J connectivity index is 2.44. The summed E-state index contributed by atoms with van der Waals surface area (Å²) in [5, 5.41) is 11.1. The number of nitrogens with one attached hydrogen (secondary N) is 1. The molecule has 0 radical (unpaired) electrons. The highest BCUT2D eigenvalue weighted by atomic mass is 32.2. The van der Waals surface area contributed by atoms with Gasteiger partial charge in [0, 0.05) is 17.7 Å². The van der Waals surface area contributed by atoms with Crippen molar-refractivity contribution in [3.05, 3.63) is 52.1 Å². The molecule has 0 spiro atoms. The molecule has 9 heteroatoms. The van der Waals surface area contributed by atoms with Crippen LogP contribution in [0.4, 0.5) is 11.4 Å². The fourth-order valence-corrected chi connectivity index (χ4v) is 3.36. The van der Waals surface area contributed by atoms with Crippen molar-refractivity contribution in [3.8, 4) is 11.5 Å². The number of aryl methyl sites for hydroxylation is 1. The van der Waals surface area contributed by atoms with Gasteiger partial charge >= 0.3 is 0 Å². The van der Waals surface area contributed by atoms with E-state index in [0.29, 0.717) is 30.3 Å². The van der Waals surface area contributed by atoms with Gasteiger partial charge in [0.25, 0.3) is 15.7 Å². The smallest absolute Gasteiger partial charge is 0.273 e. The number of ether oxygens (including phenoxy) is 2. The summed E-state index contributed by atoms with van der Waals surface area (Å²) >= 11 is 0. The topological polar surface area (TPSA) is 108 Å². The minimum absolute atomic E-state index is 0.195. The van der Waals surface area contributed by atoms with Crippen molar-refractivity contribution in [1.29, 1.82) is 0 Å². The number of nitro groups is 1. The van der Waals surface area contributed by atoms with E-state index in [2.05, 4.69) is 4.72 Å². The van der Waals surface area contributed by atoms with Gasteiger partial charge in [0.05, 0.1) is 28.7 Å². The highest BCUT2D eigenvalue weighted by molar-refractivity contribution is 7.92. The van der Waals surface area contributed by atoms with Crippen LogP contribution in [-0.2, 0) is 10.0 Å². The maximum absolute atomic E-state index is 12.7. The number of nitro benzene ring substituents is 1. The van der Waals surface area contributed by atoms with Crippen molar-refractivity contribution in [2.75, 3.05) is 17.9 Å². The highest BCUT2D eigenvalue weighted by Gasteiger charge is 2.21. The Morgan fingerprint density at radius 3 is 2.38 bits per heavy atom. The molecule has 0 amide bonds. The predicted octanol–water partition coefficient (Wildman–Crippen LogP) is 3.50. The SMILES string of the molecule is CCOc1ccc(OCC)c(NS(=O)(=O)c2ccc(C)c([N+](=O)[O-])c2)c1. The van der Waals surface area contributed by atoms with E-state index in [9.17, 15) is 18.5 Å². The first-order valence-electron chi connectivity index (χ1n) is 7.96. The number of hydrogen-bond donors (Lipinski definition) is 1. The van der Waals surface area contributed by atoms with E-state index in [1.807, 2.05) is 6.92 Å². The number of benzene rings is 2. The lowest BCUT2D eigenvalue weighted by Crippen LogP contribution is -2.14. The summed E-state index contributed by atoms with van der Waals surface area (Å²) in [7, 11) is -4.05. The van der Waals surface area contributed by atoms with Crippen LogP contribution in [0.1, 0.15) is 19.4 Å². The fraction of sp³-hybridized carbons (Fsp3) is 0.294. The van der Waals surface area contributed by atoms with Gasteiger partial charge in [0.15, 0.2) is 0 Å². The summed E-state index contributed by atoms with van der Waals surface area (Å²) in [5.41, 5.74) is 0.310. The van der Waals surface area contributed by atoms with Gasteiger partial charge in [0.1, 0.15) is 11.5 Å². The van der Waals surface area contributed by atoms with Crippen LogP contribution in [0.5, 0.6) is 11.5 Å².